The zero-order chi connectivity index (χ0) is 11.7. The van der Waals surface area contributed by atoms with Crippen molar-refractivity contribution in [2.45, 2.75) is 27.2 Å². The number of allylic oxidation sites excluding steroid dienone is 2. The second kappa shape index (κ2) is 8.49. The van der Waals surface area contributed by atoms with E-state index in [4.69, 9.17) is 0 Å². The first-order chi connectivity index (χ1) is 7.22. The molecule has 0 aliphatic carbocycles. The van der Waals surface area contributed by atoms with Gasteiger partial charge in [-0.3, -0.25) is 4.90 Å². The van der Waals surface area contributed by atoms with E-state index < -0.39 is 0 Å². The molecule has 1 saturated heterocycles. The zero-order valence-corrected chi connectivity index (χ0v) is 10.5. The third kappa shape index (κ3) is 6.29. The molecule has 1 atom stereocenters. The van der Waals surface area contributed by atoms with Crippen molar-refractivity contribution >= 4 is 0 Å². The predicted octanol–water partition coefficient (Wildman–Crippen LogP) is 3.65. The predicted molar refractivity (Wildman–Crippen MR) is 70.0 cm³/mol. The van der Waals surface area contributed by atoms with E-state index in [1.807, 2.05) is 26.0 Å². The van der Waals surface area contributed by atoms with E-state index in [1.165, 1.54) is 25.1 Å². The van der Waals surface area contributed by atoms with Gasteiger partial charge in [-0.2, -0.15) is 0 Å². The molecule has 1 rings (SSSR count). The summed E-state index contributed by atoms with van der Waals surface area (Å²) in [6.45, 7) is 17.4. The summed E-state index contributed by atoms with van der Waals surface area (Å²) >= 11 is 0. The SMILES string of the molecule is C=C/C=C\C(=C)CN1CCC(C)C1.CC. The van der Waals surface area contributed by atoms with Crippen LogP contribution in [0.4, 0.5) is 0 Å². The maximum absolute atomic E-state index is 4.00. The van der Waals surface area contributed by atoms with Crippen molar-refractivity contribution in [3.8, 4) is 0 Å². The Morgan fingerprint density at radius 3 is 2.60 bits per heavy atom. The smallest absolute Gasteiger partial charge is 0.0227 e. The molecule has 0 radical (unpaired) electrons. The highest BCUT2D eigenvalue weighted by atomic mass is 15.1. The molecule has 0 spiro atoms. The van der Waals surface area contributed by atoms with E-state index >= 15 is 0 Å². The molecular weight excluding hydrogens is 182 g/mol. The van der Waals surface area contributed by atoms with Crippen LogP contribution in [0.2, 0.25) is 0 Å². The lowest BCUT2D eigenvalue weighted by Crippen LogP contribution is -2.22. The fourth-order valence-corrected chi connectivity index (χ4v) is 1.71. The first-order valence-corrected chi connectivity index (χ1v) is 5.91. The highest BCUT2D eigenvalue weighted by molar-refractivity contribution is 5.19. The van der Waals surface area contributed by atoms with Gasteiger partial charge in [0.15, 0.2) is 0 Å². The lowest BCUT2D eigenvalue weighted by atomic mass is 10.2. The number of nitrogens with zero attached hydrogens (tertiary/aromatic N) is 1. The summed E-state index contributed by atoms with van der Waals surface area (Å²) in [6, 6.07) is 0. The molecule has 0 aromatic rings. The standard InChI is InChI=1S/C12H19N.C2H6/c1-4-5-6-11(2)9-13-8-7-12(3)10-13;1-2/h4-6,12H,1-2,7-10H2,3H3;1-2H3/b6-5-;. The summed E-state index contributed by atoms with van der Waals surface area (Å²) in [7, 11) is 0. The van der Waals surface area contributed by atoms with E-state index in [9.17, 15) is 0 Å². The van der Waals surface area contributed by atoms with Gasteiger partial charge in [0.2, 0.25) is 0 Å². The number of rotatable bonds is 4. The Kier molecular flexibility index (Phi) is 8.02. The van der Waals surface area contributed by atoms with Crippen molar-refractivity contribution in [3.05, 3.63) is 37.0 Å². The Balaban J connectivity index is 0.000000921. The van der Waals surface area contributed by atoms with Crippen molar-refractivity contribution in [1.82, 2.24) is 4.90 Å². The normalized spacial score (nSPS) is 21.1. The van der Waals surface area contributed by atoms with E-state index in [-0.39, 0.29) is 0 Å². The molecule has 1 aliphatic heterocycles. The topological polar surface area (TPSA) is 3.24 Å². The third-order valence-electron chi connectivity index (χ3n) is 2.40. The van der Waals surface area contributed by atoms with E-state index in [0.29, 0.717) is 0 Å². The Hall–Kier alpha value is -0.820. The number of likely N-dealkylation sites (tertiary alicyclic amines) is 1. The Morgan fingerprint density at radius 2 is 2.13 bits per heavy atom. The van der Waals surface area contributed by atoms with Crippen LogP contribution in [-0.4, -0.2) is 24.5 Å². The molecule has 0 aromatic heterocycles. The van der Waals surface area contributed by atoms with Gasteiger partial charge in [0.05, 0.1) is 0 Å². The van der Waals surface area contributed by atoms with Gasteiger partial charge in [0.25, 0.3) is 0 Å². The van der Waals surface area contributed by atoms with Crippen LogP contribution < -0.4 is 0 Å². The first kappa shape index (κ1) is 14.2. The van der Waals surface area contributed by atoms with E-state index in [2.05, 4.69) is 25.0 Å². The van der Waals surface area contributed by atoms with Gasteiger partial charge >= 0.3 is 0 Å². The molecule has 15 heavy (non-hydrogen) atoms. The van der Waals surface area contributed by atoms with E-state index in [1.54, 1.807) is 6.08 Å². The van der Waals surface area contributed by atoms with Crippen LogP contribution in [0.15, 0.2) is 37.0 Å². The van der Waals surface area contributed by atoms with Crippen LogP contribution in [-0.2, 0) is 0 Å². The molecule has 1 unspecified atom stereocenters. The molecule has 1 heterocycles. The van der Waals surface area contributed by atoms with Crippen LogP contribution >= 0.6 is 0 Å². The lowest BCUT2D eigenvalue weighted by Gasteiger charge is -2.14. The number of hydrogen-bond acceptors (Lipinski definition) is 1. The molecule has 0 saturated carbocycles. The lowest BCUT2D eigenvalue weighted by molar-refractivity contribution is 0.359. The van der Waals surface area contributed by atoms with Crippen molar-refractivity contribution in [1.29, 1.82) is 0 Å². The maximum Gasteiger partial charge on any atom is 0.0227 e. The highest BCUT2D eigenvalue weighted by Crippen LogP contribution is 2.15. The maximum atomic E-state index is 4.00. The quantitative estimate of drug-likeness (QED) is 0.636. The van der Waals surface area contributed by atoms with Gasteiger partial charge in [-0.25, -0.2) is 0 Å². The molecule has 0 amide bonds. The van der Waals surface area contributed by atoms with Gasteiger partial charge in [-0.1, -0.05) is 52.2 Å². The Labute approximate surface area is 95.2 Å². The second-order valence-electron chi connectivity index (χ2n) is 3.88. The second-order valence-corrected chi connectivity index (χ2v) is 3.88. The minimum atomic E-state index is 0.858. The minimum absolute atomic E-state index is 0.858. The zero-order valence-electron chi connectivity index (χ0n) is 10.5. The van der Waals surface area contributed by atoms with Crippen molar-refractivity contribution in [3.63, 3.8) is 0 Å². The largest absolute Gasteiger partial charge is 0.299 e. The molecule has 0 aromatic carbocycles. The summed E-state index contributed by atoms with van der Waals surface area (Å²) < 4.78 is 0. The highest BCUT2D eigenvalue weighted by Gasteiger charge is 2.17. The van der Waals surface area contributed by atoms with Gasteiger partial charge in [-0.05, 0) is 24.5 Å². The van der Waals surface area contributed by atoms with Gasteiger partial charge in [0.1, 0.15) is 0 Å². The van der Waals surface area contributed by atoms with Gasteiger partial charge in [-0.15, -0.1) is 0 Å². The van der Waals surface area contributed by atoms with Gasteiger partial charge in [0, 0.05) is 13.1 Å². The minimum Gasteiger partial charge on any atom is -0.299 e. The summed E-state index contributed by atoms with van der Waals surface area (Å²) in [4.78, 5) is 2.46. The Morgan fingerprint density at radius 1 is 1.47 bits per heavy atom. The molecule has 0 bridgehead atoms. The van der Waals surface area contributed by atoms with Crippen molar-refractivity contribution in [2.24, 2.45) is 5.92 Å². The van der Waals surface area contributed by atoms with Crippen LogP contribution in [0, 0.1) is 5.92 Å². The van der Waals surface area contributed by atoms with Crippen LogP contribution in [0.3, 0.4) is 0 Å². The van der Waals surface area contributed by atoms with E-state index in [0.717, 1.165) is 12.5 Å². The van der Waals surface area contributed by atoms with Crippen LogP contribution in [0.1, 0.15) is 27.2 Å². The van der Waals surface area contributed by atoms with Crippen LogP contribution in [0.5, 0.6) is 0 Å². The molecule has 1 fully saturated rings. The fraction of sp³-hybridized carbons (Fsp3) is 0.571. The van der Waals surface area contributed by atoms with Crippen molar-refractivity contribution in [2.75, 3.05) is 19.6 Å². The average Bonchev–Trinajstić information content (AvgIpc) is 2.64. The molecule has 1 aliphatic rings. The fourth-order valence-electron chi connectivity index (χ4n) is 1.71. The summed E-state index contributed by atoms with van der Waals surface area (Å²) in [5.74, 6) is 0.858. The molecule has 86 valence electrons. The summed E-state index contributed by atoms with van der Waals surface area (Å²) in [5.41, 5.74) is 1.18. The monoisotopic (exact) mass is 207 g/mol. The van der Waals surface area contributed by atoms with Crippen LogP contribution in [0.25, 0.3) is 0 Å². The van der Waals surface area contributed by atoms with Crippen molar-refractivity contribution < 1.29 is 0 Å². The molecule has 0 N–H and O–H groups in total. The third-order valence-corrected chi connectivity index (χ3v) is 2.40. The summed E-state index contributed by atoms with van der Waals surface area (Å²) in [5, 5.41) is 0. The summed E-state index contributed by atoms with van der Waals surface area (Å²) in [6.07, 6.45) is 7.11. The first-order valence-electron chi connectivity index (χ1n) is 5.91. The number of hydrogen-bond donors (Lipinski definition) is 0. The Bertz CT molecular complexity index is 215. The van der Waals surface area contributed by atoms with Gasteiger partial charge < -0.3 is 0 Å². The average molecular weight is 207 g/mol. The molecular formula is C14H25N. The molecule has 1 nitrogen and oxygen atoms in total. The molecule has 1 heteroatoms.